The van der Waals surface area contributed by atoms with Crippen molar-refractivity contribution in [1.29, 1.82) is 0 Å². The second-order valence-electron chi connectivity index (χ2n) is 5.88. The third kappa shape index (κ3) is 3.47. The Morgan fingerprint density at radius 3 is 1.72 bits per heavy atom. The van der Waals surface area contributed by atoms with Gasteiger partial charge >= 0.3 is 0 Å². The molecule has 0 amide bonds. The molecule has 0 spiro atoms. The lowest BCUT2D eigenvalue weighted by Gasteiger charge is -2.09. The lowest BCUT2D eigenvalue weighted by Crippen LogP contribution is -1.88. The van der Waals surface area contributed by atoms with E-state index in [1.54, 1.807) is 0 Å². The number of nitrogens with zero attached hydrogens (tertiary/aromatic N) is 1. The Morgan fingerprint density at radius 1 is 0.480 bits per heavy atom. The Labute approximate surface area is 152 Å². The van der Waals surface area contributed by atoms with Crippen molar-refractivity contribution in [2.24, 2.45) is 0 Å². The van der Waals surface area contributed by atoms with E-state index in [0.29, 0.717) is 5.15 Å². The Balaban J connectivity index is 1.79. The molecule has 0 N–H and O–H groups in total. The fourth-order valence-electron chi connectivity index (χ4n) is 2.93. The number of pyridine rings is 1. The fourth-order valence-corrected chi connectivity index (χ4v) is 3.14. The number of halogens is 1. The summed E-state index contributed by atoms with van der Waals surface area (Å²) in [6.45, 7) is 0. The summed E-state index contributed by atoms with van der Waals surface area (Å²) in [7, 11) is 0. The van der Waals surface area contributed by atoms with Gasteiger partial charge in [0.2, 0.25) is 0 Å². The zero-order valence-corrected chi connectivity index (χ0v) is 14.3. The van der Waals surface area contributed by atoms with E-state index < -0.39 is 0 Å². The summed E-state index contributed by atoms with van der Waals surface area (Å²) in [6, 6.07) is 33.0. The third-order valence-electron chi connectivity index (χ3n) is 4.17. The van der Waals surface area contributed by atoms with Crippen LogP contribution < -0.4 is 0 Å². The van der Waals surface area contributed by atoms with Crippen LogP contribution in [0.5, 0.6) is 0 Å². The lowest BCUT2D eigenvalue weighted by atomic mass is 9.98. The summed E-state index contributed by atoms with van der Waals surface area (Å²) in [6.07, 6.45) is 0. The number of aromatic nitrogens is 1. The van der Waals surface area contributed by atoms with Crippen molar-refractivity contribution < 1.29 is 0 Å². The average molecular weight is 342 g/mol. The van der Waals surface area contributed by atoms with Gasteiger partial charge in [-0.05, 0) is 40.5 Å². The summed E-state index contributed by atoms with van der Waals surface area (Å²) in [5, 5.41) is 0.501. The van der Waals surface area contributed by atoms with E-state index in [2.05, 4.69) is 59.6 Å². The summed E-state index contributed by atoms with van der Waals surface area (Å²) in [5.41, 5.74) is 6.53. The molecule has 2 heteroatoms. The molecule has 0 aliphatic heterocycles. The zero-order valence-electron chi connectivity index (χ0n) is 13.6. The first-order valence-electron chi connectivity index (χ1n) is 8.18. The maximum absolute atomic E-state index is 6.30. The maximum atomic E-state index is 6.30. The first-order valence-corrected chi connectivity index (χ1v) is 8.56. The summed E-state index contributed by atoms with van der Waals surface area (Å²) in [4.78, 5) is 4.48. The highest BCUT2D eigenvalue weighted by molar-refractivity contribution is 6.29. The molecular formula is C23H16ClN. The van der Waals surface area contributed by atoms with Crippen molar-refractivity contribution in [3.8, 4) is 33.5 Å². The first-order chi connectivity index (χ1) is 12.3. The van der Waals surface area contributed by atoms with Gasteiger partial charge in [-0.15, -0.1) is 0 Å². The van der Waals surface area contributed by atoms with Crippen molar-refractivity contribution in [3.05, 3.63) is 102 Å². The molecule has 0 saturated heterocycles. The van der Waals surface area contributed by atoms with Crippen LogP contribution in [0, 0.1) is 0 Å². The van der Waals surface area contributed by atoms with Crippen LogP contribution in [-0.4, -0.2) is 4.98 Å². The minimum Gasteiger partial charge on any atom is -0.236 e. The topological polar surface area (TPSA) is 12.9 Å². The number of rotatable bonds is 3. The fraction of sp³-hybridized carbons (Fsp3) is 0. The van der Waals surface area contributed by atoms with Crippen LogP contribution in [0.15, 0.2) is 97.1 Å². The molecule has 1 nitrogen and oxygen atoms in total. The minimum atomic E-state index is 0.501. The van der Waals surface area contributed by atoms with Crippen molar-refractivity contribution in [2.75, 3.05) is 0 Å². The highest BCUT2D eigenvalue weighted by Gasteiger charge is 2.07. The molecule has 0 fully saturated rings. The van der Waals surface area contributed by atoms with E-state index in [1.165, 1.54) is 11.1 Å². The molecule has 0 radical (unpaired) electrons. The zero-order chi connectivity index (χ0) is 17.1. The molecule has 0 aliphatic rings. The van der Waals surface area contributed by atoms with Crippen molar-refractivity contribution in [1.82, 2.24) is 4.98 Å². The SMILES string of the molecule is Clc1cc(-c2cccc(-c3ccccc3)c2)cc(-c2ccccc2)n1. The largest absolute Gasteiger partial charge is 0.236 e. The standard InChI is InChI=1S/C23H16ClN/c24-23-16-21(15-22(25-23)18-10-5-2-6-11-18)20-13-7-12-19(14-20)17-8-3-1-4-9-17/h1-16H. The molecule has 0 saturated carbocycles. The van der Waals surface area contributed by atoms with E-state index in [9.17, 15) is 0 Å². The van der Waals surface area contributed by atoms with E-state index in [0.717, 1.165) is 22.4 Å². The van der Waals surface area contributed by atoms with Crippen molar-refractivity contribution in [3.63, 3.8) is 0 Å². The highest BCUT2D eigenvalue weighted by Crippen LogP contribution is 2.30. The molecule has 120 valence electrons. The summed E-state index contributed by atoms with van der Waals surface area (Å²) < 4.78 is 0. The first kappa shape index (κ1) is 15.6. The van der Waals surface area contributed by atoms with Crippen LogP contribution in [-0.2, 0) is 0 Å². The van der Waals surface area contributed by atoms with Crippen LogP contribution >= 0.6 is 11.6 Å². The monoisotopic (exact) mass is 341 g/mol. The van der Waals surface area contributed by atoms with E-state index in [1.807, 2.05) is 42.5 Å². The lowest BCUT2D eigenvalue weighted by molar-refractivity contribution is 1.32. The Kier molecular flexibility index (Phi) is 4.32. The maximum Gasteiger partial charge on any atom is 0.130 e. The van der Waals surface area contributed by atoms with Crippen molar-refractivity contribution in [2.45, 2.75) is 0 Å². The van der Waals surface area contributed by atoms with Crippen LogP contribution in [0.1, 0.15) is 0 Å². The molecule has 4 aromatic rings. The van der Waals surface area contributed by atoms with Gasteiger partial charge in [0.05, 0.1) is 5.69 Å². The smallest absolute Gasteiger partial charge is 0.130 e. The summed E-state index contributed by atoms with van der Waals surface area (Å²) in [5.74, 6) is 0. The van der Waals surface area contributed by atoms with Gasteiger partial charge in [0, 0.05) is 5.56 Å². The predicted octanol–water partition coefficient (Wildman–Crippen LogP) is 6.74. The number of benzene rings is 3. The third-order valence-corrected chi connectivity index (χ3v) is 4.36. The van der Waals surface area contributed by atoms with E-state index >= 15 is 0 Å². The summed E-state index contributed by atoms with van der Waals surface area (Å²) >= 11 is 6.30. The molecule has 0 bridgehead atoms. The molecule has 0 atom stereocenters. The second-order valence-corrected chi connectivity index (χ2v) is 6.26. The van der Waals surface area contributed by atoms with Gasteiger partial charge in [-0.25, -0.2) is 4.98 Å². The quantitative estimate of drug-likeness (QED) is 0.376. The van der Waals surface area contributed by atoms with Gasteiger partial charge in [-0.1, -0.05) is 90.5 Å². The Hall–Kier alpha value is -2.90. The number of hydrogen-bond donors (Lipinski definition) is 0. The molecule has 3 aromatic carbocycles. The molecule has 1 heterocycles. The Bertz CT molecular complexity index is 995. The predicted molar refractivity (Wildman–Crippen MR) is 106 cm³/mol. The molecule has 0 unspecified atom stereocenters. The van der Waals surface area contributed by atoms with Gasteiger partial charge in [-0.3, -0.25) is 0 Å². The molecule has 4 rings (SSSR count). The van der Waals surface area contributed by atoms with Gasteiger partial charge in [0.25, 0.3) is 0 Å². The highest BCUT2D eigenvalue weighted by atomic mass is 35.5. The molecule has 1 aromatic heterocycles. The molecule has 0 aliphatic carbocycles. The van der Waals surface area contributed by atoms with Crippen LogP contribution in [0.4, 0.5) is 0 Å². The average Bonchev–Trinajstić information content (AvgIpc) is 2.69. The second kappa shape index (κ2) is 6.92. The van der Waals surface area contributed by atoms with Gasteiger partial charge in [0.15, 0.2) is 0 Å². The minimum absolute atomic E-state index is 0.501. The van der Waals surface area contributed by atoms with E-state index in [-0.39, 0.29) is 0 Å². The van der Waals surface area contributed by atoms with Crippen molar-refractivity contribution >= 4 is 11.6 Å². The van der Waals surface area contributed by atoms with E-state index in [4.69, 9.17) is 11.6 Å². The van der Waals surface area contributed by atoms with Crippen LogP contribution in [0.3, 0.4) is 0 Å². The Morgan fingerprint density at radius 2 is 1.04 bits per heavy atom. The van der Waals surface area contributed by atoms with Crippen LogP contribution in [0.25, 0.3) is 33.5 Å². The van der Waals surface area contributed by atoms with Gasteiger partial charge in [0.1, 0.15) is 5.15 Å². The molecule has 25 heavy (non-hydrogen) atoms. The number of hydrogen-bond acceptors (Lipinski definition) is 1. The van der Waals surface area contributed by atoms with Gasteiger partial charge < -0.3 is 0 Å². The molecular weight excluding hydrogens is 326 g/mol. The van der Waals surface area contributed by atoms with Gasteiger partial charge in [-0.2, -0.15) is 0 Å². The normalized spacial score (nSPS) is 10.6. The van der Waals surface area contributed by atoms with Crippen LogP contribution in [0.2, 0.25) is 5.15 Å².